The number of primary amides is 1. The van der Waals surface area contributed by atoms with Crippen LogP contribution < -0.4 is 20.5 Å². The second-order valence-electron chi connectivity index (χ2n) is 13.2. The predicted octanol–water partition coefficient (Wildman–Crippen LogP) is 6.38. The minimum Gasteiger partial charge on any atom is -0.480 e. The number of hydrogen-bond acceptors (Lipinski definition) is 8. The van der Waals surface area contributed by atoms with Gasteiger partial charge < -0.3 is 35.1 Å². The number of rotatable bonds is 11. The monoisotopic (exact) mass is 685 g/mol. The zero-order chi connectivity index (χ0) is 34.1. The molecule has 2 fully saturated rings. The summed E-state index contributed by atoms with van der Waals surface area (Å²) in [6.45, 7) is 4.78. The molecule has 6 rings (SSSR count). The van der Waals surface area contributed by atoms with Crippen LogP contribution in [0.3, 0.4) is 0 Å². The summed E-state index contributed by atoms with van der Waals surface area (Å²) in [5.41, 5.74) is 4.58. The van der Waals surface area contributed by atoms with Crippen molar-refractivity contribution >= 4 is 17.5 Å². The lowest BCUT2D eigenvalue weighted by Crippen LogP contribution is -2.49. The normalized spacial score (nSPS) is 26.9. The van der Waals surface area contributed by atoms with Crippen molar-refractivity contribution < 1.29 is 37.6 Å². The van der Waals surface area contributed by atoms with E-state index in [0.717, 1.165) is 43.9 Å². The number of ether oxygens (including phenoxy) is 4. The maximum atomic E-state index is 16.5. The molecule has 9 nitrogen and oxygen atoms in total. The van der Waals surface area contributed by atoms with E-state index < -0.39 is 40.5 Å². The van der Waals surface area contributed by atoms with Gasteiger partial charge >= 0.3 is 0 Å². The summed E-state index contributed by atoms with van der Waals surface area (Å²) in [5.74, 6) is -3.57. The summed E-state index contributed by atoms with van der Waals surface area (Å²) in [6.07, 6.45) is 6.36. The van der Waals surface area contributed by atoms with Gasteiger partial charge in [0.25, 0.3) is 11.8 Å². The molecule has 3 aromatic rings. The summed E-state index contributed by atoms with van der Waals surface area (Å²) in [4.78, 5) is 16.7. The van der Waals surface area contributed by atoms with E-state index in [1.807, 2.05) is 44.2 Å². The third kappa shape index (κ3) is 6.89. The van der Waals surface area contributed by atoms with Crippen LogP contribution in [0.25, 0.3) is 11.1 Å². The van der Waals surface area contributed by atoms with Crippen LogP contribution in [0, 0.1) is 11.6 Å². The summed E-state index contributed by atoms with van der Waals surface area (Å²) < 4.78 is 55.8. The van der Waals surface area contributed by atoms with Crippen molar-refractivity contribution in [1.82, 2.24) is 10.3 Å². The van der Waals surface area contributed by atoms with Crippen molar-refractivity contribution in [2.24, 2.45) is 5.73 Å². The molecule has 2 aromatic carbocycles. The van der Waals surface area contributed by atoms with Crippen LogP contribution in [0.5, 0.6) is 11.6 Å². The molecule has 1 unspecified atom stereocenters. The lowest BCUT2D eigenvalue weighted by molar-refractivity contribution is -0.165. The zero-order valence-corrected chi connectivity index (χ0v) is 28.0. The van der Waals surface area contributed by atoms with Crippen LogP contribution in [0.2, 0.25) is 5.02 Å². The largest absolute Gasteiger partial charge is 0.480 e. The minimum atomic E-state index is -1.05. The topological polar surface area (TPSA) is 125 Å². The smallest absolute Gasteiger partial charge is 0.251 e. The van der Waals surface area contributed by atoms with Gasteiger partial charge in [-0.2, -0.15) is 0 Å². The SMILES string of the molecule is C[C@H]1c2c(cc(F)c(Cl)c2-c2c(C(N)=O)cnc(OCCOC3CCCCO3)c2F)O[C@]1(CN[C@H]1CC[C@](C)(O)CC1)c1ccccc1. The molecule has 1 aliphatic carbocycles. The fraction of sp³-hybridized carbons (Fsp3) is 0.500. The van der Waals surface area contributed by atoms with Crippen LogP contribution in [0.15, 0.2) is 42.6 Å². The number of halogens is 3. The number of hydrogen-bond donors (Lipinski definition) is 3. The van der Waals surface area contributed by atoms with E-state index in [1.165, 1.54) is 6.07 Å². The van der Waals surface area contributed by atoms with Crippen molar-refractivity contribution in [1.29, 1.82) is 0 Å². The van der Waals surface area contributed by atoms with Crippen LogP contribution in [0.4, 0.5) is 8.78 Å². The number of aliphatic hydroxyl groups is 1. The number of aromatic nitrogens is 1. The highest BCUT2D eigenvalue weighted by Gasteiger charge is 2.50. The highest BCUT2D eigenvalue weighted by Crippen LogP contribution is 2.56. The van der Waals surface area contributed by atoms with Crippen LogP contribution >= 0.6 is 11.6 Å². The van der Waals surface area contributed by atoms with E-state index in [0.29, 0.717) is 31.6 Å². The standard InChI is InChI=1S/C36H42ClF2N3O6/c1-21-28-26(48-36(21,22-8-4-3-5-9-22)20-42-23-11-13-35(2,44)14-12-23)18-25(38)31(37)30(28)29-24(33(40)43)19-41-34(32(29)39)47-17-16-46-27-10-6-7-15-45-27/h3-5,8-9,18-19,21,23,27,42,44H,6-7,10-17,20H2,1-2H3,(H2,40,43)/t21-,23-,27?,35-,36-/m0/s1. The molecule has 0 radical (unpaired) electrons. The Bertz CT molecular complexity index is 1630. The average Bonchev–Trinajstić information content (AvgIpc) is 3.36. The molecule has 1 saturated carbocycles. The molecule has 2 aliphatic heterocycles. The number of nitrogens with zero attached hydrogens (tertiary/aromatic N) is 1. The molecule has 48 heavy (non-hydrogen) atoms. The van der Waals surface area contributed by atoms with Crippen molar-refractivity contribution in [2.75, 3.05) is 26.4 Å². The third-order valence-corrected chi connectivity index (χ3v) is 10.3. The number of amides is 1. The van der Waals surface area contributed by atoms with Gasteiger partial charge in [-0.3, -0.25) is 4.79 Å². The average molecular weight is 686 g/mol. The first-order chi connectivity index (χ1) is 23.0. The maximum Gasteiger partial charge on any atom is 0.251 e. The molecule has 258 valence electrons. The highest BCUT2D eigenvalue weighted by molar-refractivity contribution is 6.34. The molecule has 0 bridgehead atoms. The lowest BCUT2D eigenvalue weighted by Gasteiger charge is -2.38. The Balaban J connectivity index is 1.36. The maximum absolute atomic E-state index is 16.5. The van der Waals surface area contributed by atoms with Crippen molar-refractivity contribution in [3.63, 3.8) is 0 Å². The fourth-order valence-electron chi connectivity index (χ4n) is 7.12. The highest BCUT2D eigenvalue weighted by atomic mass is 35.5. The summed E-state index contributed by atoms with van der Waals surface area (Å²) in [7, 11) is 0. The number of benzene rings is 2. The van der Waals surface area contributed by atoms with Gasteiger partial charge in [0.15, 0.2) is 17.7 Å². The third-order valence-electron chi connectivity index (χ3n) is 9.89. The van der Waals surface area contributed by atoms with Gasteiger partial charge in [0, 0.05) is 54.1 Å². The molecule has 3 aliphatic rings. The Hall–Kier alpha value is -3.35. The van der Waals surface area contributed by atoms with Gasteiger partial charge in [-0.05, 0) is 57.4 Å². The Kier molecular flexibility index (Phi) is 10.2. The molecule has 1 saturated heterocycles. The molecule has 3 atom stereocenters. The van der Waals surface area contributed by atoms with E-state index in [-0.39, 0.29) is 53.0 Å². The Morgan fingerprint density at radius 1 is 1.15 bits per heavy atom. The van der Waals surface area contributed by atoms with E-state index >= 15 is 8.78 Å². The first-order valence-electron chi connectivity index (χ1n) is 16.6. The summed E-state index contributed by atoms with van der Waals surface area (Å²) >= 11 is 6.67. The van der Waals surface area contributed by atoms with Crippen LogP contribution in [-0.4, -0.2) is 60.3 Å². The Morgan fingerprint density at radius 2 is 1.90 bits per heavy atom. The van der Waals surface area contributed by atoms with Gasteiger partial charge in [0.2, 0.25) is 0 Å². The lowest BCUT2D eigenvalue weighted by atomic mass is 9.77. The predicted molar refractivity (Wildman–Crippen MR) is 176 cm³/mol. The van der Waals surface area contributed by atoms with Crippen LogP contribution in [0.1, 0.15) is 86.2 Å². The zero-order valence-electron chi connectivity index (χ0n) is 27.2. The fourth-order valence-corrected chi connectivity index (χ4v) is 7.37. The first kappa shape index (κ1) is 34.5. The number of carbonyl (C=O) groups is 1. The van der Waals surface area contributed by atoms with E-state index in [1.54, 1.807) is 0 Å². The van der Waals surface area contributed by atoms with Gasteiger partial charge in [0.1, 0.15) is 18.2 Å². The molecule has 1 aromatic heterocycles. The molecular weight excluding hydrogens is 644 g/mol. The number of pyridine rings is 1. The molecule has 4 N–H and O–H groups in total. The number of fused-ring (bicyclic) bond motifs is 1. The van der Waals surface area contributed by atoms with Crippen molar-refractivity contribution in [3.05, 3.63) is 75.9 Å². The molecule has 12 heteroatoms. The van der Waals surface area contributed by atoms with E-state index in [9.17, 15) is 9.90 Å². The molecule has 0 spiro atoms. The number of nitrogens with two attached hydrogens (primary N) is 1. The first-order valence-corrected chi connectivity index (χ1v) is 17.0. The molecule has 1 amide bonds. The quantitative estimate of drug-likeness (QED) is 0.199. The van der Waals surface area contributed by atoms with Gasteiger partial charge in [-0.25, -0.2) is 13.8 Å². The van der Waals surface area contributed by atoms with Gasteiger partial charge in [-0.1, -0.05) is 48.9 Å². The van der Waals surface area contributed by atoms with Gasteiger partial charge in [-0.15, -0.1) is 0 Å². The second-order valence-corrected chi connectivity index (χ2v) is 13.6. The Labute approximate surface area is 284 Å². The van der Waals surface area contributed by atoms with E-state index in [4.69, 9.17) is 36.3 Å². The summed E-state index contributed by atoms with van der Waals surface area (Å²) in [5, 5.41) is 13.7. The number of carbonyl (C=O) groups excluding carboxylic acids is 1. The minimum absolute atomic E-state index is 0.0453. The second kappa shape index (κ2) is 14.2. The van der Waals surface area contributed by atoms with Gasteiger partial charge in [0.05, 0.1) is 22.8 Å². The number of nitrogens with one attached hydrogen (secondary N) is 1. The Morgan fingerprint density at radius 3 is 2.58 bits per heavy atom. The summed E-state index contributed by atoms with van der Waals surface area (Å²) in [6, 6.07) is 10.9. The molecular formula is C36H42ClF2N3O6. The van der Waals surface area contributed by atoms with Crippen molar-refractivity contribution in [2.45, 2.75) is 88.2 Å². The van der Waals surface area contributed by atoms with E-state index in [2.05, 4.69) is 10.3 Å². The molecule has 3 heterocycles. The van der Waals surface area contributed by atoms with Crippen molar-refractivity contribution in [3.8, 4) is 22.8 Å². The van der Waals surface area contributed by atoms with Crippen LogP contribution in [-0.2, 0) is 15.1 Å².